The number of nitrogens with zero attached hydrogens (tertiary/aromatic N) is 2. The van der Waals surface area contributed by atoms with Crippen LogP contribution in [0.25, 0.3) is 0 Å². The second-order valence-corrected chi connectivity index (χ2v) is 11.0. The lowest BCUT2D eigenvalue weighted by Gasteiger charge is -2.35. The molecule has 0 radical (unpaired) electrons. The molecule has 10 nitrogen and oxygen atoms in total. The summed E-state index contributed by atoms with van der Waals surface area (Å²) in [5.74, 6) is -2.66. The highest BCUT2D eigenvalue weighted by Crippen LogP contribution is 2.36. The number of methoxy groups -OCH3 is 1. The van der Waals surface area contributed by atoms with E-state index in [1.165, 1.54) is 13.2 Å². The predicted octanol–water partition coefficient (Wildman–Crippen LogP) is 3.46. The normalized spacial score (nSPS) is 18.0. The van der Waals surface area contributed by atoms with Gasteiger partial charge in [0, 0.05) is 30.8 Å². The number of amides is 1. The zero-order valence-electron chi connectivity index (χ0n) is 21.0. The van der Waals surface area contributed by atoms with Crippen LogP contribution in [0.5, 0.6) is 0 Å². The summed E-state index contributed by atoms with van der Waals surface area (Å²) in [4.78, 5) is 40.2. The minimum absolute atomic E-state index is 0.00929. The number of benzene rings is 2. The largest absolute Gasteiger partial charge is 0.469 e. The van der Waals surface area contributed by atoms with Crippen LogP contribution in [0, 0.1) is 11.8 Å². The van der Waals surface area contributed by atoms with E-state index in [4.69, 9.17) is 0 Å². The zero-order chi connectivity index (χ0) is 26.7. The first-order chi connectivity index (χ1) is 17.6. The Morgan fingerprint density at radius 2 is 1.95 bits per heavy atom. The molecular formula is C26H30N4O6S. The number of hydrogen-bond acceptors (Lipinski definition) is 8. The Labute approximate surface area is 216 Å². The molecule has 4 rings (SSSR count). The van der Waals surface area contributed by atoms with Crippen LogP contribution in [-0.2, 0) is 24.3 Å². The Hall–Kier alpha value is -3.73. The van der Waals surface area contributed by atoms with Gasteiger partial charge >= 0.3 is 5.97 Å². The van der Waals surface area contributed by atoms with Crippen LogP contribution in [0.2, 0.25) is 0 Å². The molecule has 196 valence electrons. The van der Waals surface area contributed by atoms with E-state index in [1.807, 2.05) is 13.8 Å². The molecule has 37 heavy (non-hydrogen) atoms. The molecule has 1 amide bonds. The molecule has 0 aromatic heterocycles. The monoisotopic (exact) mass is 526 g/mol. The molecule has 1 unspecified atom stereocenters. The molecule has 2 aromatic carbocycles. The van der Waals surface area contributed by atoms with Gasteiger partial charge in [-0.05, 0) is 49.1 Å². The Balaban J connectivity index is 1.68. The van der Waals surface area contributed by atoms with Gasteiger partial charge in [-0.3, -0.25) is 14.4 Å². The summed E-state index contributed by atoms with van der Waals surface area (Å²) in [6.07, 6.45) is 1.49. The van der Waals surface area contributed by atoms with Gasteiger partial charge in [0.1, 0.15) is 10.7 Å². The molecule has 0 spiro atoms. The number of carbonyl (C=O) groups is 3. The standard InChI is InChI=1S/C26H30N4O6S/c1-16(2)12-14-30-20-11-10-17(27-13-6-9-22(31)36-3)15-18(20)24(32)23(26(30)33)25-28-19-7-4-5-8-21(19)37(34,35)29-25/h4-5,7-8,10-11,15-16,23,27H,6,9,12-14H2,1-3H3,(H,28,29). The molecule has 2 aliphatic heterocycles. The molecule has 2 N–H and O–H groups in total. The minimum atomic E-state index is -4.09. The quantitative estimate of drug-likeness (QED) is 0.288. The van der Waals surface area contributed by atoms with Gasteiger partial charge in [0.2, 0.25) is 5.91 Å². The first-order valence-corrected chi connectivity index (χ1v) is 13.6. The average Bonchev–Trinajstić information content (AvgIpc) is 2.86. The third-order valence-electron chi connectivity index (χ3n) is 6.29. The molecule has 2 heterocycles. The van der Waals surface area contributed by atoms with Crippen LogP contribution in [0.4, 0.5) is 17.1 Å². The van der Waals surface area contributed by atoms with Gasteiger partial charge in [-0.15, -0.1) is 4.40 Å². The van der Waals surface area contributed by atoms with Crippen molar-refractivity contribution in [1.29, 1.82) is 0 Å². The first kappa shape index (κ1) is 26.3. The van der Waals surface area contributed by atoms with Gasteiger partial charge in [0.05, 0.1) is 18.5 Å². The van der Waals surface area contributed by atoms with Crippen molar-refractivity contribution in [2.45, 2.75) is 38.0 Å². The van der Waals surface area contributed by atoms with E-state index in [-0.39, 0.29) is 28.8 Å². The topological polar surface area (TPSA) is 134 Å². The number of esters is 1. The summed E-state index contributed by atoms with van der Waals surface area (Å²) in [5.41, 5.74) is 1.69. The summed E-state index contributed by atoms with van der Waals surface area (Å²) in [6.45, 7) is 4.92. The van der Waals surface area contributed by atoms with Gasteiger partial charge in [0.25, 0.3) is 10.0 Å². The highest BCUT2D eigenvalue weighted by atomic mass is 32.2. The van der Waals surface area contributed by atoms with E-state index in [9.17, 15) is 22.8 Å². The number of fused-ring (bicyclic) bond motifs is 2. The van der Waals surface area contributed by atoms with E-state index in [0.717, 1.165) is 0 Å². The van der Waals surface area contributed by atoms with Crippen molar-refractivity contribution in [3.63, 3.8) is 0 Å². The molecule has 2 aliphatic rings. The van der Waals surface area contributed by atoms with Gasteiger partial charge in [0.15, 0.2) is 11.7 Å². The van der Waals surface area contributed by atoms with Crippen LogP contribution < -0.4 is 15.5 Å². The van der Waals surface area contributed by atoms with Crippen LogP contribution in [-0.4, -0.2) is 52.1 Å². The summed E-state index contributed by atoms with van der Waals surface area (Å²) in [5, 5.41) is 6.10. The lowest BCUT2D eigenvalue weighted by Crippen LogP contribution is -2.50. The first-order valence-electron chi connectivity index (χ1n) is 12.1. The van der Waals surface area contributed by atoms with E-state index < -0.39 is 27.6 Å². The summed E-state index contributed by atoms with van der Waals surface area (Å²) in [6, 6.07) is 11.4. The summed E-state index contributed by atoms with van der Waals surface area (Å²) < 4.78 is 34.2. The Morgan fingerprint density at radius 1 is 1.19 bits per heavy atom. The maximum Gasteiger partial charge on any atom is 0.305 e. The smallest absolute Gasteiger partial charge is 0.305 e. The second kappa shape index (κ2) is 10.7. The SMILES string of the molecule is COC(=O)CCCNc1ccc2c(c1)C(=O)C(C1=NS(=O)(=O)c3ccccc3N1)C(=O)N2CCC(C)C. The third-order valence-corrected chi connectivity index (χ3v) is 7.64. The molecule has 1 atom stereocenters. The number of amidine groups is 1. The maximum atomic E-state index is 13.7. The van der Waals surface area contributed by atoms with Gasteiger partial charge in [-0.1, -0.05) is 26.0 Å². The average molecular weight is 527 g/mol. The van der Waals surface area contributed by atoms with Gasteiger partial charge in [-0.2, -0.15) is 8.42 Å². The van der Waals surface area contributed by atoms with Crippen molar-refractivity contribution in [2.75, 3.05) is 35.7 Å². The number of anilines is 3. The lowest BCUT2D eigenvalue weighted by molar-refractivity contribution is -0.140. The molecule has 0 bridgehead atoms. The number of ketones is 1. The Bertz CT molecular complexity index is 1370. The number of Topliss-reactive ketones (excluding diaryl/α,β-unsaturated/α-hetero) is 1. The highest BCUT2D eigenvalue weighted by molar-refractivity contribution is 7.90. The Kier molecular flexibility index (Phi) is 7.63. The highest BCUT2D eigenvalue weighted by Gasteiger charge is 2.44. The summed E-state index contributed by atoms with van der Waals surface area (Å²) >= 11 is 0. The van der Waals surface area contributed by atoms with Gasteiger partial charge in [-0.25, -0.2) is 0 Å². The molecular weight excluding hydrogens is 496 g/mol. The number of carbonyl (C=O) groups excluding carboxylic acids is 3. The van der Waals surface area contributed by atoms with E-state index >= 15 is 0 Å². The molecule has 0 saturated heterocycles. The third kappa shape index (κ3) is 5.51. The fourth-order valence-electron chi connectivity index (χ4n) is 4.31. The van der Waals surface area contributed by atoms with Crippen molar-refractivity contribution >= 4 is 50.6 Å². The molecule has 0 fully saturated rings. The van der Waals surface area contributed by atoms with E-state index in [2.05, 4.69) is 19.8 Å². The molecule has 2 aromatic rings. The Morgan fingerprint density at radius 3 is 2.68 bits per heavy atom. The van der Waals surface area contributed by atoms with Crippen LogP contribution in [0.15, 0.2) is 51.8 Å². The van der Waals surface area contributed by atoms with Crippen molar-refractivity contribution in [3.8, 4) is 0 Å². The number of nitrogens with one attached hydrogen (secondary N) is 2. The van der Waals surface area contributed by atoms with Crippen LogP contribution >= 0.6 is 0 Å². The van der Waals surface area contributed by atoms with E-state index in [0.29, 0.717) is 48.8 Å². The zero-order valence-corrected chi connectivity index (χ0v) is 21.8. The number of sulfonamides is 1. The number of rotatable bonds is 9. The van der Waals surface area contributed by atoms with Crippen molar-refractivity contribution in [3.05, 3.63) is 48.0 Å². The molecule has 11 heteroatoms. The number of ether oxygens (including phenoxy) is 1. The second-order valence-electron chi connectivity index (χ2n) is 9.38. The van der Waals surface area contributed by atoms with Crippen molar-refractivity contribution in [2.24, 2.45) is 16.2 Å². The van der Waals surface area contributed by atoms with Crippen molar-refractivity contribution in [1.82, 2.24) is 0 Å². The van der Waals surface area contributed by atoms with Crippen molar-refractivity contribution < 1.29 is 27.5 Å². The number of para-hydroxylation sites is 1. The number of hydrogen-bond donors (Lipinski definition) is 2. The maximum absolute atomic E-state index is 13.7. The minimum Gasteiger partial charge on any atom is -0.469 e. The fourth-order valence-corrected chi connectivity index (χ4v) is 5.46. The van der Waals surface area contributed by atoms with E-state index in [1.54, 1.807) is 41.3 Å². The van der Waals surface area contributed by atoms with Gasteiger partial charge < -0.3 is 20.3 Å². The van der Waals surface area contributed by atoms with Crippen LogP contribution in [0.3, 0.4) is 0 Å². The van der Waals surface area contributed by atoms with Crippen LogP contribution in [0.1, 0.15) is 43.5 Å². The predicted molar refractivity (Wildman–Crippen MR) is 140 cm³/mol. The molecule has 0 aliphatic carbocycles. The molecule has 0 saturated carbocycles. The fraction of sp³-hybridized carbons (Fsp3) is 0.385. The summed E-state index contributed by atoms with van der Waals surface area (Å²) in [7, 11) is -2.75. The lowest BCUT2D eigenvalue weighted by atomic mass is 9.88.